The minimum Gasteiger partial charge on any atom is -0.493 e. The third kappa shape index (κ3) is 4.28. The van der Waals surface area contributed by atoms with Crippen LogP contribution in [-0.2, 0) is 16.1 Å². The monoisotopic (exact) mass is 479 g/mol. The second-order valence-corrected chi connectivity index (χ2v) is 8.82. The fraction of sp³-hybridized carbons (Fsp3) is 0.261. The van der Waals surface area contributed by atoms with Gasteiger partial charge >= 0.3 is 0 Å². The zero-order valence-corrected chi connectivity index (χ0v) is 18.9. The molecule has 174 valence electrons. The highest BCUT2D eigenvalue weighted by Gasteiger charge is 2.27. The summed E-state index contributed by atoms with van der Waals surface area (Å²) in [6.07, 6.45) is 0. The average molecular weight is 480 g/mol. The van der Waals surface area contributed by atoms with E-state index in [0.717, 1.165) is 24.4 Å². The van der Waals surface area contributed by atoms with Gasteiger partial charge in [0.1, 0.15) is 4.88 Å². The zero-order chi connectivity index (χ0) is 23.7. The van der Waals surface area contributed by atoms with Crippen molar-refractivity contribution in [3.8, 4) is 5.88 Å². The molecule has 10 nitrogen and oxygen atoms in total. The fourth-order valence-electron chi connectivity index (χ4n) is 3.97. The Labute approximate surface area is 197 Å². The number of thiazole rings is 1. The summed E-state index contributed by atoms with van der Waals surface area (Å²) < 4.78 is 7.09. The lowest BCUT2D eigenvalue weighted by molar-refractivity contribution is -0.385. The summed E-state index contributed by atoms with van der Waals surface area (Å²) in [4.78, 5) is 35.4. The van der Waals surface area contributed by atoms with Crippen LogP contribution in [0.1, 0.15) is 4.88 Å². The maximum Gasteiger partial charge on any atom is 0.279 e. The maximum atomic E-state index is 12.8. The smallest absolute Gasteiger partial charge is 0.279 e. The van der Waals surface area contributed by atoms with Crippen molar-refractivity contribution in [2.75, 3.05) is 32.8 Å². The Hall–Kier alpha value is -3.67. The number of nitrogens with zero attached hydrogens (tertiary/aromatic N) is 5. The number of non-ortho nitro benzene ring substituents is 1. The number of carbonyl (C=O) groups is 1. The number of rotatable bonds is 6. The number of amides is 1. The van der Waals surface area contributed by atoms with E-state index in [2.05, 4.69) is 9.89 Å². The van der Waals surface area contributed by atoms with Crippen molar-refractivity contribution in [2.24, 2.45) is 9.98 Å². The number of carbonyl (C=O) groups excluding carboxylic acids is 1. The Balaban J connectivity index is 1.65. The highest BCUT2D eigenvalue weighted by molar-refractivity contribution is 7.11. The summed E-state index contributed by atoms with van der Waals surface area (Å²) >= 11 is 1.16. The molecule has 0 unspecified atom stereocenters. The van der Waals surface area contributed by atoms with Gasteiger partial charge in [0, 0.05) is 43.5 Å². The van der Waals surface area contributed by atoms with Crippen LogP contribution in [-0.4, -0.2) is 58.3 Å². The summed E-state index contributed by atoms with van der Waals surface area (Å²) in [6, 6.07) is 13.4. The van der Waals surface area contributed by atoms with Crippen molar-refractivity contribution in [2.45, 2.75) is 6.54 Å². The third-order valence-electron chi connectivity index (χ3n) is 5.73. The summed E-state index contributed by atoms with van der Waals surface area (Å²) in [5.74, 6) is -0.649. The quantitative estimate of drug-likeness (QED) is 0.417. The first-order chi connectivity index (χ1) is 16.5. The van der Waals surface area contributed by atoms with Crippen molar-refractivity contribution in [3.63, 3.8) is 0 Å². The fourth-order valence-corrected chi connectivity index (χ4v) is 5.09. The molecule has 11 heteroatoms. The Morgan fingerprint density at radius 2 is 1.91 bits per heavy atom. The number of aromatic hydroxyl groups is 1. The van der Waals surface area contributed by atoms with Crippen LogP contribution < -0.4 is 15.4 Å². The number of nitro groups is 1. The Morgan fingerprint density at radius 1 is 1.15 bits per heavy atom. The largest absolute Gasteiger partial charge is 0.493 e. The van der Waals surface area contributed by atoms with Crippen LogP contribution in [0.2, 0.25) is 0 Å². The van der Waals surface area contributed by atoms with Crippen LogP contribution in [0.5, 0.6) is 5.88 Å². The van der Waals surface area contributed by atoms with Gasteiger partial charge in [-0.3, -0.25) is 24.4 Å². The van der Waals surface area contributed by atoms with E-state index < -0.39 is 10.8 Å². The van der Waals surface area contributed by atoms with Gasteiger partial charge in [0.15, 0.2) is 4.80 Å². The highest BCUT2D eigenvalue weighted by Crippen LogP contribution is 2.29. The van der Waals surface area contributed by atoms with Gasteiger partial charge in [0.25, 0.3) is 11.6 Å². The second kappa shape index (κ2) is 9.29. The van der Waals surface area contributed by atoms with Crippen molar-refractivity contribution in [3.05, 3.63) is 78.9 Å². The molecule has 5 rings (SSSR count). The van der Waals surface area contributed by atoms with Gasteiger partial charge in [0.2, 0.25) is 5.88 Å². The molecule has 2 aliphatic rings. The van der Waals surface area contributed by atoms with Crippen LogP contribution >= 0.6 is 11.3 Å². The number of fused-ring (bicyclic) bond motifs is 1. The first kappa shape index (κ1) is 22.1. The lowest BCUT2D eigenvalue weighted by Crippen LogP contribution is -2.38. The van der Waals surface area contributed by atoms with E-state index in [1.165, 1.54) is 18.2 Å². The average Bonchev–Trinajstić information content (AvgIpc) is 3.33. The second-order valence-electron chi connectivity index (χ2n) is 7.84. The lowest BCUT2D eigenvalue weighted by Gasteiger charge is -2.26. The number of para-hydroxylation sites is 1. The number of nitro benzene ring substituents is 1. The van der Waals surface area contributed by atoms with Gasteiger partial charge < -0.3 is 9.84 Å². The van der Waals surface area contributed by atoms with Crippen molar-refractivity contribution < 1.29 is 19.6 Å². The van der Waals surface area contributed by atoms with Crippen molar-refractivity contribution in [1.29, 1.82) is 0 Å². The molecule has 1 N–H and O–H groups in total. The van der Waals surface area contributed by atoms with Crippen LogP contribution in [0.3, 0.4) is 0 Å². The highest BCUT2D eigenvalue weighted by atomic mass is 32.1. The summed E-state index contributed by atoms with van der Waals surface area (Å²) in [7, 11) is 0. The zero-order valence-electron chi connectivity index (χ0n) is 18.1. The molecule has 1 amide bonds. The van der Waals surface area contributed by atoms with Crippen molar-refractivity contribution in [1.82, 2.24) is 9.47 Å². The van der Waals surface area contributed by atoms with Gasteiger partial charge in [-0.05, 0) is 18.2 Å². The van der Waals surface area contributed by atoms with E-state index in [1.807, 2.05) is 30.3 Å². The van der Waals surface area contributed by atoms with E-state index in [9.17, 15) is 20.0 Å². The first-order valence-electron chi connectivity index (χ1n) is 10.8. The molecule has 0 saturated carbocycles. The van der Waals surface area contributed by atoms with Gasteiger partial charge in [0.05, 0.1) is 34.8 Å². The normalized spacial score (nSPS) is 16.5. The minimum absolute atomic E-state index is 0.106. The SMILES string of the molecule is O=C1N=c2ccc([N+](=O)[O-])cc2=C1c1sc(=Nc2ccccc2)n(CCN2CCOCC2)c1O. The predicted molar refractivity (Wildman–Crippen MR) is 124 cm³/mol. The number of hydrogen-bond donors (Lipinski definition) is 1. The lowest BCUT2D eigenvalue weighted by atomic mass is 10.1. The van der Waals surface area contributed by atoms with Crippen LogP contribution in [0.25, 0.3) is 5.57 Å². The standard InChI is InChI=1S/C23H21N5O5S/c29-21-19(17-14-16(28(31)32)6-7-18(17)25-21)20-22(30)27(9-8-26-10-12-33-13-11-26)23(34-20)24-15-4-2-1-3-5-15/h1-7,14,30H,8-13H2. The topological polar surface area (TPSA) is 123 Å². The van der Waals surface area contributed by atoms with Crippen molar-refractivity contribution >= 4 is 34.2 Å². The molecule has 0 bridgehead atoms. The molecule has 3 aromatic rings. The molecule has 2 aromatic carbocycles. The predicted octanol–water partition coefficient (Wildman–Crippen LogP) is 1.09. The summed E-state index contributed by atoms with van der Waals surface area (Å²) in [5.41, 5.74) is 0.710. The molecule has 0 radical (unpaired) electrons. The summed E-state index contributed by atoms with van der Waals surface area (Å²) in [6.45, 7) is 4.05. The molecule has 1 aromatic heterocycles. The van der Waals surface area contributed by atoms with E-state index in [1.54, 1.807) is 4.57 Å². The number of benzene rings is 2. The molecule has 0 spiro atoms. The minimum atomic E-state index is -0.543. The Bertz CT molecular complexity index is 1460. The summed E-state index contributed by atoms with van der Waals surface area (Å²) in [5, 5.41) is 23.2. The van der Waals surface area contributed by atoms with Gasteiger partial charge in [-0.15, -0.1) is 0 Å². The molecule has 0 atom stereocenters. The van der Waals surface area contributed by atoms with Gasteiger partial charge in [-0.2, -0.15) is 0 Å². The maximum absolute atomic E-state index is 12.8. The Morgan fingerprint density at radius 3 is 2.65 bits per heavy atom. The van der Waals surface area contributed by atoms with Gasteiger partial charge in [-0.25, -0.2) is 9.98 Å². The molecular formula is C23H21N5O5S. The number of aromatic nitrogens is 1. The molecule has 1 fully saturated rings. The van der Waals surface area contributed by atoms with E-state index in [4.69, 9.17) is 9.73 Å². The molecule has 1 saturated heterocycles. The Kier molecular flexibility index (Phi) is 6.05. The third-order valence-corrected chi connectivity index (χ3v) is 6.82. The molecule has 0 aliphatic carbocycles. The number of hydrogen-bond acceptors (Lipinski definition) is 8. The molecule has 3 heterocycles. The van der Waals surface area contributed by atoms with E-state index >= 15 is 0 Å². The van der Waals surface area contributed by atoms with Crippen LogP contribution in [0.15, 0.2) is 58.5 Å². The number of ether oxygens (including phenoxy) is 1. The van der Waals surface area contributed by atoms with Crippen LogP contribution in [0.4, 0.5) is 11.4 Å². The number of morpholine rings is 1. The van der Waals surface area contributed by atoms with E-state index in [-0.39, 0.29) is 17.1 Å². The first-order valence-corrected chi connectivity index (χ1v) is 11.6. The molecule has 2 aliphatic heterocycles. The van der Waals surface area contributed by atoms with Crippen LogP contribution in [0, 0.1) is 10.1 Å². The molecule has 34 heavy (non-hydrogen) atoms. The van der Waals surface area contributed by atoms with Gasteiger partial charge in [-0.1, -0.05) is 29.5 Å². The van der Waals surface area contributed by atoms with E-state index in [0.29, 0.717) is 52.2 Å². The molecular weight excluding hydrogens is 458 g/mol.